The first-order valence-electron chi connectivity index (χ1n) is 3.07. The lowest BCUT2D eigenvalue weighted by molar-refractivity contribution is -0.137. The molecule has 0 aromatic heterocycles. The number of rotatable bonds is 4. The van der Waals surface area contributed by atoms with Gasteiger partial charge in [-0.2, -0.15) is 0 Å². The highest BCUT2D eigenvalue weighted by atomic mass is 16.2. The van der Waals surface area contributed by atoms with Crippen LogP contribution >= 0.6 is 0 Å². The maximum Gasteiger partial charge on any atom is 0.286 e. The Hall–Kier alpha value is -0.900. The lowest BCUT2D eigenvalue weighted by atomic mass is 10.5. The second-order valence-electron chi connectivity index (χ2n) is 1.98. The quantitative estimate of drug-likeness (QED) is 0.401. The summed E-state index contributed by atoms with van der Waals surface area (Å²) in [7, 11) is 3.38. The molecule has 0 spiro atoms. The van der Waals surface area contributed by atoms with E-state index in [9.17, 15) is 9.59 Å². The number of nitrogens with zero attached hydrogens (tertiary/aromatic N) is 1. The predicted octanol–water partition coefficient (Wildman–Crippen LogP) is -1.14. The zero-order valence-electron chi connectivity index (χ0n) is 6.26. The maximum absolute atomic E-state index is 10.5. The summed E-state index contributed by atoms with van der Waals surface area (Å²) in [5, 5.41) is 2.87. The van der Waals surface area contributed by atoms with E-state index in [4.69, 9.17) is 0 Å². The average Bonchev–Trinajstić information content (AvgIpc) is 1.98. The molecule has 4 heteroatoms. The van der Waals surface area contributed by atoms with Gasteiger partial charge in [0.25, 0.3) is 5.91 Å². The first kappa shape index (κ1) is 9.10. The van der Waals surface area contributed by atoms with Crippen LogP contribution < -0.4 is 5.32 Å². The van der Waals surface area contributed by atoms with Gasteiger partial charge in [-0.05, 0) is 7.05 Å². The van der Waals surface area contributed by atoms with Gasteiger partial charge in [0.2, 0.25) is 6.29 Å². The molecule has 4 nitrogen and oxygen atoms in total. The fraction of sp³-hybridized carbons (Fsp3) is 0.667. The molecule has 0 aliphatic heterocycles. The van der Waals surface area contributed by atoms with Crippen molar-refractivity contribution in [1.82, 2.24) is 10.2 Å². The van der Waals surface area contributed by atoms with Crippen LogP contribution in [0.25, 0.3) is 0 Å². The third-order valence-electron chi connectivity index (χ3n) is 1.17. The molecule has 0 aliphatic rings. The van der Waals surface area contributed by atoms with Crippen molar-refractivity contribution < 1.29 is 9.59 Å². The molecule has 1 N–H and O–H groups in total. The molecule has 0 unspecified atom stereocenters. The van der Waals surface area contributed by atoms with Crippen LogP contribution in [0.4, 0.5) is 0 Å². The minimum Gasteiger partial charge on any atom is -0.338 e. The number of aldehydes is 1. The molecule has 1 amide bonds. The topological polar surface area (TPSA) is 49.4 Å². The molecule has 0 rings (SSSR count). The Kier molecular flexibility index (Phi) is 4.49. The highest BCUT2D eigenvalue weighted by Gasteiger charge is 2.03. The van der Waals surface area contributed by atoms with Crippen molar-refractivity contribution in [2.45, 2.75) is 0 Å². The molecule has 0 saturated heterocycles. The number of amides is 1. The van der Waals surface area contributed by atoms with E-state index in [-0.39, 0.29) is 0 Å². The number of nitrogens with one attached hydrogen (secondary N) is 1. The van der Waals surface area contributed by atoms with Gasteiger partial charge in [0, 0.05) is 20.1 Å². The van der Waals surface area contributed by atoms with Crippen LogP contribution in [0, 0.1) is 0 Å². The Bertz CT molecular complexity index is 125. The van der Waals surface area contributed by atoms with Crippen molar-refractivity contribution in [2.24, 2.45) is 0 Å². The monoisotopic (exact) mass is 144 g/mol. The molecular formula is C6H12N2O2. The Morgan fingerprint density at radius 1 is 1.70 bits per heavy atom. The number of carbonyl (C=O) groups excluding carboxylic acids is 2. The highest BCUT2D eigenvalue weighted by Crippen LogP contribution is 1.78. The van der Waals surface area contributed by atoms with Crippen molar-refractivity contribution in [3.8, 4) is 0 Å². The molecule has 0 aromatic rings. The van der Waals surface area contributed by atoms with Crippen molar-refractivity contribution in [1.29, 1.82) is 0 Å². The van der Waals surface area contributed by atoms with Gasteiger partial charge in [-0.25, -0.2) is 0 Å². The zero-order valence-corrected chi connectivity index (χ0v) is 6.26. The minimum atomic E-state index is -0.477. The van der Waals surface area contributed by atoms with Gasteiger partial charge >= 0.3 is 0 Å². The first-order valence-corrected chi connectivity index (χ1v) is 3.07. The lowest BCUT2D eigenvalue weighted by Gasteiger charge is -2.12. The van der Waals surface area contributed by atoms with E-state index in [0.717, 1.165) is 0 Å². The summed E-state index contributed by atoms with van der Waals surface area (Å²) in [4.78, 5) is 21.8. The van der Waals surface area contributed by atoms with E-state index in [1.165, 1.54) is 4.90 Å². The van der Waals surface area contributed by atoms with E-state index < -0.39 is 5.91 Å². The molecular weight excluding hydrogens is 132 g/mol. The van der Waals surface area contributed by atoms with Gasteiger partial charge in [0.1, 0.15) is 0 Å². The highest BCUT2D eigenvalue weighted by molar-refractivity contribution is 6.23. The number of likely N-dealkylation sites (N-methyl/N-ethyl adjacent to an activating group) is 2. The molecule has 0 heterocycles. The Morgan fingerprint density at radius 3 is 2.70 bits per heavy atom. The van der Waals surface area contributed by atoms with Crippen molar-refractivity contribution in [3.63, 3.8) is 0 Å². The summed E-state index contributed by atoms with van der Waals surface area (Å²) in [5.74, 6) is -0.477. The first-order chi connectivity index (χ1) is 4.72. The zero-order chi connectivity index (χ0) is 7.98. The van der Waals surface area contributed by atoms with Crippen LogP contribution in [0.5, 0.6) is 0 Å². The van der Waals surface area contributed by atoms with E-state index >= 15 is 0 Å². The molecule has 0 radical (unpaired) electrons. The summed E-state index contributed by atoms with van der Waals surface area (Å²) < 4.78 is 0. The maximum atomic E-state index is 10.5. The van der Waals surface area contributed by atoms with Crippen LogP contribution in [0.3, 0.4) is 0 Å². The molecule has 10 heavy (non-hydrogen) atoms. The normalized spacial score (nSPS) is 9.00. The smallest absolute Gasteiger partial charge is 0.286 e. The molecule has 0 bridgehead atoms. The number of hydrogen-bond acceptors (Lipinski definition) is 3. The molecule has 0 atom stereocenters. The van der Waals surface area contributed by atoms with Crippen LogP contribution in [0.2, 0.25) is 0 Å². The van der Waals surface area contributed by atoms with Gasteiger partial charge in [0.15, 0.2) is 0 Å². The molecule has 58 valence electrons. The van der Waals surface area contributed by atoms with Crippen LogP contribution in [0.1, 0.15) is 0 Å². The summed E-state index contributed by atoms with van der Waals surface area (Å²) in [6, 6.07) is 0. The molecule has 0 fully saturated rings. The third-order valence-corrected chi connectivity index (χ3v) is 1.17. The van der Waals surface area contributed by atoms with Crippen molar-refractivity contribution >= 4 is 12.2 Å². The van der Waals surface area contributed by atoms with Crippen LogP contribution in [-0.4, -0.2) is 44.3 Å². The standard InChI is InChI=1S/C6H12N2O2/c1-7-3-4-8(2)6(10)5-9/h5,7H,3-4H2,1-2H3. The third kappa shape index (κ3) is 3.19. The fourth-order valence-electron chi connectivity index (χ4n) is 0.480. The second-order valence-corrected chi connectivity index (χ2v) is 1.98. The average molecular weight is 144 g/mol. The summed E-state index contributed by atoms with van der Waals surface area (Å²) in [6.45, 7) is 1.27. The van der Waals surface area contributed by atoms with E-state index in [1.807, 2.05) is 0 Å². The van der Waals surface area contributed by atoms with Gasteiger partial charge in [-0.3, -0.25) is 9.59 Å². The molecule has 0 saturated carbocycles. The number of hydrogen-bond donors (Lipinski definition) is 1. The summed E-state index contributed by atoms with van der Waals surface area (Å²) in [5.41, 5.74) is 0. The Morgan fingerprint density at radius 2 is 2.30 bits per heavy atom. The SMILES string of the molecule is CNCCN(C)C(=O)C=O. The van der Waals surface area contributed by atoms with E-state index in [0.29, 0.717) is 19.4 Å². The van der Waals surface area contributed by atoms with Crippen LogP contribution in [-0.2, 0) is 9.59 Å². The fourth-order valence-corrected chi connectivity index (χ4v) is 0.480. The molecule has 0 aromatic carbocycles. The summed E-state index contributed by atoms with van der Waals surface area (Å²) >= 11 is 0. The largest absolute Gasteiger partial charge is 0.338 e. The summed E-state index contributed by atoms with van der Waals surface area (Å²) in [6.07, 6.45) is 0.315. The van der Waals surface area contributed by atoms with E-state index in [2.05, 4.69) is 5.32 Å². The Labute approximate surface area is 60.2 Å². The Balaban J connectivity index is 3.51. The van der Waals surface area contributed by atoms with Gasteiger partial charge in [0.05, 0.1) is 0 Å². The van der Waals surface area contributed by atoms with Gasteiger partial charge < -0.3 is 10.2 Å². The van der Waals surface area contributed by atoms with Gasteiger partial charge in [-0.1, -0.05) is 0 Å². The van der Waals surface area contributed by atoms with Gasteiger partial charge in [-0.15, -0.1) is 0 Å². The predicted molar refractivity (Wildman–Crippen MR) is 37.6 cm³/mol. The van der Waals surface area contributed by atoms with Crippen molar-refractivity contribution in [3.05, 3.63) is 0 Å². The second kappa shape index (κ2) is 4.93. The minimum absolute atomic E-state index is 0.315. The number of carbonyl (C=O) groups is 2. The van der Waals surface area contributed by atoms with E-state index in [1.54, 1.807) is 14.1 Å². The molecule has 0 aliphatic carbocycles. The lowest BCUT2D eigenvalue weighted by Crippen LogP contribution is -2.33. The van der Waals surface area contributed by atoms with Crippen molar-refractivity contribution in [2.75, 3.05) is 27.2 Å². The van der Waals surface area contributed by atoms with Crippen LogP contribution in [0.15, 0.2) is 0 Å².